The summed E-state index contributed by atoms with van der Waals surface area (Å²) in [6.45, 7) is 3.41. The minimum absolute atomic E-state index is 0.0222. The lowest BCUT2D eigenvalue weighted by Gasteiger charge is -2.32. The molecule has 212 valence electrons. The van der Waals surface area contributed by atoms with Gasteiger partial charge in [0.05, 0.1) is 16.3 Å². The van der Waals surface area contributed by atoms with Crippen LogP contribution in [0.4, 0.5) is 23.2 Å². The van der Waals surface area contributed by atoms with Crippen LogP contribution in [-0.2, 0) is 17.5 Å². The molecule has 0 radical (unpaired) electrons. The third-order valence-corrected chi connectivity index (χ3v) is 7.83. The highest BCUT2D eigenvalue weighted by molar-refractivity contribution is 8.00. The Kier molecular flexibility index (Phi) is 9.30. The van der Waals surface area contributed by atoms with Gasteiger partial charge in [0.1, 0.15) is 11.9 Å². The molecule has 40 heavy (non-hydrogen) atoms. The Morgan fingerprint density at radius 3 is 2.40 bits per heavy atom. The van der Waals surface area contributed by atoms with Gasteiger partial charge in [0.25, 0.3) is 5.91 Å². The van der Waals surface area contributed by atoms with Gasteiger partial charge in [0.2, 0.25) is 5.91 Å². The Hall–Kier alpha value is -3.24. The highest BCUT2D eigenvalue weighted by Gasteiger charge is 2.34. The third-order valence-electron chi connectivity index (χ3n) is 6.38. The Morgan fingerprint density at radius 2 is 1.77 bits per heavy atom. The molecule has 0 aromatic heterocycles. The molecule has 3 aromatic rings. The summed E-state index contributed by atoms with van der Waals surface area (Å²) in [5.41, 5.74) is 0.500. The summed E-state index contributed by atoms with van der Waals surface area (Å²) in [6.07, 6.45) is -2.59. The molecular weight excluding hydrogens is 566 g/mol. The summed E-state index contributed by atoms with van der Waals surface area (Å²) >= 11 is 7.46. The molecule has 3 aromatic carbocycles. The van der Waals surface area contributed by atoms with E-state index in [1.165, 1.54) is 22.5 Å². The number of nitrogens with zero attached hydrogens (tertiary/aromatic N) is 1. The lowest BCUT2D eigenvalue weighted by atomic mass is 10.1. The van der Waals surface area contributed by atoms with E-state index in [-0.39, 0.29) is 46.8 Å². The van der Waals surface area contributed by atoms with Crippen LogP contribution in [0.2, 0.25) is 5.02 Å². The average molecular weight is 594 g/mol. The molecule has 11 heteroatoms. The van der Waals surface area contributed by atoms with Gasteiger partial charge in [-0.2, -0.15) is 13.2 Å². The lowest BCUT2D eigenvalue weighted by molar-refractivity contribution is -0.137. The molecule has 5 nitrogen and oxygen atoms in total. The van der Waals surface area contributed by atoms with Crippen LogP contribution < -0.4 is 14.9 Å². The second-order valence-corrected chi connectivity index (χ2v) is 11.0. The molecule has 0 spiro atoms. The smallest absolute Gasteiger partial charge is 0.350 e. The molecule has 2 N–H and O–H groups in total. The molecule has 0 heterocycles. The number of anilines is 1. The van der Waals surface area contributed by atoms with Gasteiger partial charge in [0, 0.05) is 28.6 Å². The first-order valence-corrected chi connectivity index (χ1v) is 13.9. The van der Waals surface area contributed by atoms with Crippen molar-refractivity contribution >= 4 is 41.1 Å². The van der Waals surface area contributed by atoms with E-state index in [2.05, 4.69) is 10.6 Å². The fraction of sp³-hybridized carbons (Fsp3) is 0.310. The van der Waals surface area contributed by atoms with Crippen molar-refractivity contribution in [3.63, 3.8) is 0 Å². The summed E-state index contributed by atoms with van der Waals surface area (Å²) in [7, 11) is 0. The lowest BCUT2D eigenvalue weighted by Crippen LogP contribution is -2.43. The van der Waals surface area contributed by atoms with Crippen molar-refractivity contribution in [3.05, 3.63) is 93.8 Å². The first kappa shape index (κ1) is 29.7. The topological polar surface area (TPSA) is 61.4 Å². The molecule has 0 bridgehead atoms. The van der Waals surface area contributed by atoms with Crippen LogP contribution in [0.1, 0.15) is 53.2 Å². The standard InChI is InChI=1S/C29H28ClF4N3O2S/c1-3-25(28(39)35-16-19-14-18(6-13-24(19)31)27(38)36-21-8-9-21)37(40-22-10-4-17(2)5-11-22)26-15-20(29(32,33)34)7-12-23(26)30/h4-7,10-15,21,25H,3,8-9,16H2,1-2H3,(H,35,39)(H,36,38). The highest BCUT2D eigenvalue weighted by Crippen LogP contribution is 2.40. The number of rotatable bonds is 10. The summed E-state index contributed by atoms with van der Waals surface area (Å²) in [6, 6.07) is 13.4. The van der Waals surface area contributed by atoms with Crippen molar-refractivity contribution in [1.82, 2.24) is 10.6 Å². The predicted molar refractivity (Wildman–Crippen MR) is 149 cm³/mol. The summed E-state index contributed by atoms with van der Waals surface area (Å²) in [5, 5.41) is 5.57. The summed E-state index contributed by atoms with van der Waals surface area (Å²) in [4.78, 5) is 26.5. The number of nitrogens with one attached hydrogen (secondary N) is 2. The van der Waals surface area contributed by atoms with Gasteiger partial charge in [-0.25, -0.2) is 4.39 Å². The monoisotopic (exact) mass is 593 g/mol. The van der Waals surface area contributed by atoms with Gasteiger partial charge in [0.15, 0.2) is 0 Å². The van der Waals surface area contributed by atoms with Crippen molar-refractivity contribution in [2.24, 2.45) is 0 Å². The molecule has 1 aliphatic rings. The average Bonchev–Trinajstić information content (AvgIpc) is 3.73. The number of aryl methyl sites for hydroxylation is 1. The van der Waals surface area contributed by atoms with Gasteiger partial charge in [-0.05, 0) is 86.7 Å². The Balaban J connectivity index is 1.60. The van der Waals surface area contributed by atoms with Crippen molar-refractivity contribution in [1.29, 1.82) is 0 Å². The summed E-state index contributed by atoms with van der Waals surface area (Å²) < 4.78 is 56.7. The van der Waals surface area contributed by atoms with Crippen LogP contribution in [-0.4, -0.2) is 23.9 Å². The van der Waals surface area contributed by atoms with Crippen molar-refractivity contribution in [3.8, 4) is 0 Å². The Morgan fingerprint density at radius 1 is 1.07 bits per heavy atom. The minimum Gasteiger partial charge on any atom is -0.350 e. The second-order valence-electron chi connectivity index (χ2n) is 9.59. The van der Waals surface area contributed by atoms with E-state index >= 15 is 0 Å². The molecular formula is C29H28ClF4N3O2S. The molecule has 4 rings (SSSR count). The van der Waals surface area contributed by atoms with Crippen LogP contribution in [0.25, 0.3) is 0 Å². The maximum atomic E-state index is 14.6. The van der Waals surface area contributed by atoms with E-state index < -0.39 is 29.5 Å². The van der Waals surface area contributed by atoms with E-state index in [0.29, 0.717) is 4.90 Å². The number of hydrogen-bond acceptors (Lipinski definition) is 4. The SMILES string of the molecule is CCC(C(=O)NCc1cc(C(=O)NC2CC2)ccc1F)N(Sc1ccc(C)cc1)c1cc(C(F)(F)F)ccc1Cl. The first-order chi connectivity index (χ1) is 19.0. The fourth-order valence-electron chi connectivity index (χ4n) is 3.96. The van der Waals surface area contributed by atoms with Crippen LogP contribution in [0.5, 0.6) is 0 Å². The van der Waals surface area contributed by atoms with E-state index in [1.807, 2.05) is 19.1 Å². The number of alkyl halides is 3. The maximum Gasteiger partial charge on any atom is 0.416 e. The van der Waals surface area contributed by atoms with E-state index in [1.54, 1.807) is 19.1 Å². The third kappa shape index (κ3) is 7.48. The molecule has 1 aliphatic carbocycles. The van der Waals surface area contributed by atoms with E-state index in [4.69, 9.17) is 11.6 Å². The van der Waals surface area contributed by atoms with Crippen molar-refractivity contribution < 1.29 is 27.2 Å². The molecule has 1 atom stereocenters. The number of carbonyl (C=O) groups is 2. The maximum absolute atomic E-state index is 14.6. The zero-order valence-electron chi connectivity index (χ0n) is 21.8. The second kappa shape index (κ2) is 12.5. The van der Waals surface area contributed by atoms with Gasteiger partial charge in [-0.3, -0.25) is 13.9 Å². The van der Waals surface area contributed by atoms with Crippen molar-refractivity contribution in [2.45, 2.75) is 62.8 Å². The van der Waals surface area contributed by atoms with E-state index in [0.717, 1.165) is 48.6 Å². The molecule has 1 saturated carbocycles. The fourth-order valence-corrected chi connectivity index (χ4v) is 5.32. The predicted octanol–water partition coefficient (Wildman–Crippen LogP) is 7.31. The van der Waals surface area contributed by atoms with E-state index in [9.17, 15) is 27.2 Å². The number of carbonyl (C=O) groups excluding carboxylic acids is 2. The number of hydrogen-bond donors (Lipinski definition) is 2. The normalized spacial score (nSPS) is 14.0. The van der Waals surface area contributed by atoms with Crippen LogP contribution in [0, 0.1) is 12.7 Å². The van der Waals surface area contributed by atoms with Gasteiger partial charge in [-0.15, -0.1) is 0 Å². The van der Waals surface area contributed by atoms with Gasteiger partial charge in [-0.1, -0.05) is 36.2 Å². The Bertz CT molecular complexity index is 1380. The minimum atomic E-state index is -4.61. The summed E-state index contributed by atoms with van der Waals surface area (Å²) in [5.74, 6) is -1.45. The largest absolute Gasteiger partial charge is 0.416 e. The highest BCUT2D eigenvalue weighted by atomic mass is 35.5. The zero-order valence-corrected chi connectivity index (χ0v) is 23.4. The van der Waals surface area contributed by atoms with Gasteiger partial charge >= 0.3 is 6.18 Å². The molecule has 2 amide bonds. The number of benzene rings is 3. The molecule has 0 aliphatic heterocycles. The number of halogens is 5. The molecule has 1 fully saturated rings. The Labute approximate surface area is 239 Å². The van der Waals surface area contributed by atoms with Crippen LogP contribution in [0.3, 0.4) is 0 Å². The first-order valence-electron chi connectivity index (χ1n) is 12.7. The molecule has 0 saturated heterocycles. The molecule has 1 unspecified atom stereocenters. The number of amides is 2. The van der Waals surface area contributed by atoms with Crippen molar-refractivity contribution in [2.75, 3.05) is 4.31 Å². The van der Waals surface area contributed by atoms with Crippen LogP contribution >= 0.6 is 23.5 Å². The zero-order chi connectivity index (χ0) is 29.0. The van der Waals surface area contributed by atoms with Gasteiger partial charge < -0.3 is 10.6 Å². The quantitative estimate of drug-likeness (QED) is 0.191. The van der Waals surface area contributed by atoms with Crippen LogP contribution in [0.15, 0.2) is 65.6 Å².